The zero-order valence-corrected chi connectivity index (χ0v) is 12.3. The molecule has 1 aliphatic heterocycles. The van der Waals surface area contributed by atoms with Crippen molar-refractivity contribution >= 4 is 27.4 Å². The molecule has 0 aromatic heterocycles. The van der Waals surface area contributed by atoms with E-state index in [1.807, 2.05) is 44.2 Å². The predicted octanol–water partition coefficient (Wildman–Crippen LogP) is 2.42. The molecule has 0 aliphatic carbocycles. The number of amides is 1. The van der Waals surface area contributed by atoms with Crippen molar-refractivity contribution in [3.05, 3.63) is 68.1 Å². The van der Waals surface area contributed by atoms with Crippen LogP contribution in [0.15, 0.2) is 45.9 Å². The number of carbonyl (C=O) groups is 1. The Morgan fingerprint density at radius 1 is 1.00 bits per heavy atom. The number of carbonyl (C=O) groups excluding carboxylic acids is 1. The molecule has 0 saturated heterocycles. The van der Waals surface area contributed by atoms with E-state index in [0.717, 1.165) is 31.7 Å². The van der Waals surface area contributed by atoms with Crippen LogP contribution < -0.4 is 10.6 Å². The summed E-state index contributed by atoms with van der Waals surface area (Å²) in [5.74, 6) is -0.155. The Kier molecular flexibility index (Phi) is 2.86. The maximum Gasteiger partial charge on any atom is 0.278 e. The zero-order valence-electron chi connectivity index (χ0n) is 10.7. The van der Waals surface area contributed by atoms with Gasteiger partial charge in [0.05, 0.1) is 10.9 Å². The van der Waals surface area contributed by atoms with Crippen molar-refractivity contribution in [1.29, 1.82) is 0 Å². The summed E-state index contributed by atoms with van der Waals surface area (Å²) in [5, 5.41) is 1.66. The van der Waals surface area contributed by atoms with E-state index in [2.05, 4.69) is 27.0 Å². The molecule has 0 saturated carbocycles. The van der Waals surface area contributed by atoms with Gasteiger partial charge >= 0.3 is 0 Å². The van der Waals surface area contributed by atoms with Gasteiger partial charge in [-0.1, -0.05) is 45.3 Å². The molecule has 0 N–H and O–H groups in total. The number of hydrogen-bond donors (Lipinski definition) is 0. The molecule has 1 heterocycles. The molecule has 2 aromatic rings. The third-order valence-corrected chi connectivity index (χ3v) is 3.67. The molecular formula is C16H12BrNO. The van der Waals surface area contributed by atoms with Gasteiger partial charge in [0.1, 0.15) is 0 Å². The largest absolute Gasteiger partial charge is 0.278 e. The molecule has 0 fully saturated rings. The van der Waals surface area contributed by atoms with Crippen LogP contribution in [0.2, 0.25) is 0 Å². The van der Waals surface area contributed by atoms with Crippen molar-refractivity contribution in [2.75, 3.05) is 0 Å². The molecule has 19 heavy (non-hydrogen) atoms. The number of nitrogens with zero attached hydrogens (tertiary/aromatic N) is 1. The first-order chi connectivity index (χ1) is 9.04. The molecule has 3 rings (SSSR count). The first-order valence-corrected chi connectivity index (χ1v) is 6.85. The number of benzene rings is 2. The van der Waals surface area contributed by atoms with Crippen LogP contribution in [0.25, 0.3) is 5.57 Å². The Morgan fingerprint density at radius 3 is 2.37 bits per heavy atom. The number of rotatable bonds is 1. The Labute approximate surface area is 119 Å². The monoisotopic (exact) mass is 313 g/mol. The Bertz CT molecular complexity index is 801. The highest BCUT2D eigenvalue weighted by atomic mass is 79.9. The molecule has 1 amide bonds. The average Bonchev–Trinajstić information content (AvgIpc) is 2.63. The number of fused-ring (bicyclic) bond motifs is 1. The van der Waals surface area contributed by atoms with Crippen LogP contribution in [0.1, 0.15) is 16.7 Å². The van der Waals surface area contributed by atoms with Gasteiger partial charge in [0.2, 0.25) is 0 Å². The van der Waals surface area contributed by atoms with E-state index in [1.54, 1.807) is 0 Å². The minimum absolute atomic E-state index is 0.155. The fourth-order valence-corrected chi connectivity index (χ4v) is 2.85. The fourth-order valence-electron chi connectivity index (χ4n) is 2.48. The average molecular weight is 314 g/mol. The summed E-state index contributed by atoms with van der Waals surface area (Å²) in [6.07, 6.45) is 0. The molecule has 0 radical (unpaired) electrons. The Morgan fingerprint density at radius 2 is 1.68 bits per heavy atom. The lowest BCUT2D eigenvalue weighted by atomic mass is 9.99. The topological polar surface area (TPSA) is 29.4 Å². The number of aryl methyl sites for hydroxylation is 2. The third-order valence-electron chi connectivity index (χ3n) is 3.17. The van der Waals surface area contributed by atoms with Crippen molar-refractivity contribution in [2.24, 2.45) is 4.99 Å². The molecule has 0 unspecified atom stereocenters. The lowest BCUT2D eigenvalue weighted by Gasteiger charge is -2.04. The van der Waals surface area contributed by atoms with Gasteiger partial charge in [-0.3, -0.25) is 4.79 Å². The molecule has 0 bridgehead atoms. The van der Waals surface area contributed by atoms with Crippen molar-refractivity contribution in [3.8, 4) is 0 Å². The van der Waals surface area contributed by atoms with Crippen molar-refractivity contribution in [3.63, 3.8) is 0 Å². The molecule has 94 valence electrons. The highest BCUT2D eigenvalue weighted by Gasteiger charge is 2.18. The van der Waals surface area contributed by atoms with Gasteiger partial charge in [-0.25, -0.2) is 4.99 Å². The van der Waals surface area contributed by atoms with E-state index in [9.17, 15) is 4.79 Å². The van der Waals surface area contributed by atoms with Crippen molar-refractivity contribution in [2.45, 2.75) is 13.8 Å². The summed E-state index contributed by atoms with van der Waals surface area (Å²) in [6.45, 7) is 4.07. The van der Waals surface area contributed by atoms with Gasteiger partial charge < -0.3 is 0 Å². The number of halogens is 1. The molecular weight excluding hydrogens is 302 g/mol. The van der Waals surface area contributed by atoms with Gasteiger partial charge in [-0.05, 0) is 37.6 Å². The van der Waals surface area contributed by atoms with Crippen molar-refractivity contribution in [1.82, 2.24) is 0 Å². The second-order valence-corrected chi connectivity index (χ2v) is 5.75. The summed E-state index contributed by atoms with van der Waals surface area (Å²) in [6, 6.07) is 11.9. The smallest absolute Gasteiger partial charge is 0.267 e. The van der Waals surface area contributed by atoms with E-state index < -0.39 is 0 Å². The van der Waals surface area contributed by atoms with Crippen molar-refractivity contribution < 1.29 is 4.79 Å². The van der Waals surface area contributed by atoms with Crippen LogP contribution in [0.4, 0.5) is 0 Å². The summed E-state index contributed by atoms with van der Waals surface area (Å²) < 4.78 is 0.957. The molecule has 0 atom stereocenters. The quantitative estimate of drug-likeness (QED) is 0.795. The zero-order chi connectivity index (χ0) is 13.6. The van der Waals surface area contributed by atoms with Gasteiger partial charge in [0.15, 0.2) is 0 Å². The van der Waals surface area contributed by atoms with Crippen LogP contribution in [0.3, 0.4) is 0 Å². The third kappa shape index (κ3) is 2.15. The Hall–Kier alpha value is -1.74. The highest BCUT2D eigenvalue weighted by molar-refractivity contribution is 9.10. The minimum atomic E-state index is -0.155. The van der Waals surface area contributed by atoms with Crippen LogP contribution in [0.5, 0.6) is 0 Å². The lowest BCUT2D eigenvalue weighted by Crippen LogP contribution is -2.23. The van der Waals surface area contributed by atoms with E-state index >= 15 is 0 Å². The van der Waals surface area contributed by atoms with Crippen LogP contribution in [-0.4, -0.2) is 5.91 Å². The SMILES string of the molecule is Cc1cc(C)cc(C2=c3cc(Br)ccc3=NC2=O)c1. The number of hydrogen-bond acceptors (Lipinski definition) is 1. The minimum Gasteiger partial charge on any atom is -0.267 e. The van der Waals surface area contributed by atoms with Gasteiger partial charge in [-0.15, -0.1) is 0 Å². The standard InChI is InChI=1S/C16H12BrNO/c1-9-5-10(2)7-11(6-9)15-13-8-12(17)3-4-14(13)18-16(15)19/h3-8H,1-2H3. The van der Waals surface area contributed by atoms with Crippen LogP contribution >= 0.6 is 15.9 Å². The van der Waals surface area contributed by atoms with Gasteiger partial charge in [0.25, 0.3) is 5.91 Å². The van der Waals surface area contributed by atoms with Crippen LogP contribution in [0, 0.1) is 13.8 Å². The summed E-state index contributed by atoms with van der Waals surface area (Å²) in [5.41, 5.74) is 3.95. The summed E-state index contributed by atoms with van der Waals surface area (Å²) in [7, 11) is 0. The molecule has 2 nitrogen and oxygen atoms in total. The lowest BCUT2D eigenvalue weighted by molar-refractivity contribution is -0.112. The Balaban J connectivity index is 2.38. The summed E-state index contributed by atoms with van der Waals surface area (Å²) in [4.78, 5) is 16.3. The maximum absolute atomic E-state index is 12.1. The molecule has 0 spiro atoms. The summed E-state index contributed by atoms with van der Waals surface area (Å²) >= 11 is 3.45. The maximum atomic E-state index is 12.1. The second kappa shape index (κ2) is 4.42. The molecule has 3 heteroatoms. The van der Waals surface area contributed by atoms with E-state index in [4.69, 9.17) is 0 Å². The van der Waals surface area contributed by atoms with E-state index in [0.29, 0.717) is 5.57 Å². The normalized spacial score (nSPS) is 13.4. The predicted molar refractivity (Wildman–Crippen MR) is 78.4 cm³/mol. The highest BCUT2D eigenvalue weighted by Crippen LogP contribution is 2.19. The second-order valence-electron chi connectivity index (χ2n) is 4.83. The first kappa shape index (κ1) is 12.3. The van der Waals surface area contributed by atoms with Gasteiger partial charge in [0, 0.05) is 9.69 Å². The first-order valence-electron chi connectivity index (χ1n) is 6.06. The van der Waals surface area contributed by atoms with E-state index in [-0.39, 0.29) is 5.91 Å². The van der Waals surface area contributed by atoms with E-state index in [1.165, 1.54) is 0 Å². The van der Waals surface area contributed by atoms with Gasteiger partial charge in [-0.2, -0.15) is 0 Å². The fraction of sp³-hybridized carbons (Fsp3) is 0.125. The van der Waals surface area contributed by atoms with Crippen LogP contribution in [-0.2, 0) is 4.79 Å². The molecule has 1 aliphatic rings. The molecule has 2 aromatic carbocycles.